The van der Waals surface area contributed by atoms with Gasteiger partial charge in [-0.3, -0.25) is 4.79 Å². The number of para-hydroxylation sites is 1. The van der Waals surface area contributed by atoms with Crippen molar-refractivity contribution in [1.82, 2.24) is 0 Å². The third-order valence-corrected chi connectivity index (χ3v) is 5.62. The van der Waals surface area contributed by atoms with Gasteiger partial charge in [0.05, 0.1) is 22.5 Å². The summed E-state index contributed by atoms with van der Waals surface area (Å²) in [5, 5.41) is 5.94. The normalized spacial score (nSPS) is 19.6. The van der Waals surface area contributed by atoms with Crippen molar-refractivity contribution in [3.05, 3.63) is 71.3 Å². The van der Waals surface area contributed by atoms with Gasteiger partial charge in [-0.15, -0.1) is 0 Å². The minimum absolute atomic E-state index is 0.0160. The van der Waals surface area contributed by atoms with Crippen LogP contribution in [0.5, 0.6) is 0 Å². The average Bonchev–Trinajstić information content (AvgIpc) is 2.95. The summed E-state index contributed by atoms with van der Waals surface area (Å²) in [7, 11) is 2.12. The lowest BCUT2D eigenvalue weighted by molar-refractivity contribution is -0.114. The molecule has 4 nitrogen and oxygen atoms in total. The minimum atomic E-state index is -0.0908. The van der Waals surface area contributed by atoms with Crippen LogP contribution in [0.15, 0.2) is 65.3 Å². The number of hydrogen-bond donors (Lipinski definition) is 0. The summed E-state index contributed by atoms with van der Waals surface area (Å²) in [5.41, 5.74) is 6.81. The Morgan fingerprint density at radius 3 is 2.46 bits per heavy atom. The number of likely N-dealkylation sites (N-methyl/N-ethyl adjacent to an activating group) is 1. The summed E-state index contributed by atoms with van der Waals surface area (Å²) in [6.45, 7) is 8.45. The summed E-state index contributed by atoms with van der Waals surface area (Å²) in [5.74, 6) is -0.0908. The topological polar surface area (TPSA) is 35.9 Å². The van der Waals surface area contributed by atoms with E-state index in [-0.39, 0.29) is 11.4 Å². The molecule has 0 spiro atoms. The Morgan fingerprint density at radius 2 is 1.75 bits per heavy atom. The monoisotopic (exact) mass is 371 g/mol. The zero-order chi connectivity index (χ0) is 20.1. The Morgan fingerprint density at radius 1 is 1.04 bits per heavy atom. The molecular weight excluding hydrogens is 346 g/mol. The van der Waals surface area contributed by atoms with Gasteiger partial charge < -0.3 is 4.90 Å². The van der Waals surface area contributed by atoms with Crippen LogP contribution < -0.4 is 9.91 Å². The van der Waals surface area contributed by atoms with E-state index in [4.69, 9.17) is 0 Å². The molecule has 28 heavy (non-hydrogen) atoms. The molecule has 4 heteroatoms. The van der Waals surface area contributed by atoms with Gasteiger partial charge >= 0.3 is 0 Å². The van der Waals surface area contributed by atoms with Crippen LogP contribution in [-0.2, 0) is 4.79 Å². The summed E-state index contributed by atoms with van der Waals surface area (Å²) < 4.78 is 0. The second-order valence-corrected chi connectivity index (χ2v) is 8.01. The third kappa shape index (κ3) is 2.95. The molecule has 2 aliphatic rings. The van der Waals surface area contributed by atoms with Gasteiger partial charge in [-0.25, -0.2) is 0 Å². The number of nitrogens with zero attached hydrogens (tertiary/aromatic N) is 3. The van der Waals surface area contributed by atoms with Gasteiger partial charge in [0.2, 0.25) is 0 Å². The van der Waals surface area contributed by atoms with Crippen molar-refractivity contribution in [2.75, 3.05) is 17.0 Å². The van der Waals surface area contributed by atoms with E-state index in [2.05, 4.69) is 62.1 Å². The maximum Gasteiger partial charge on any atom is 0.280 e. The molecule has 2 aliphatic heterocycles. The SMILES string of the molecule is CC1=CC(C)(C)N(C)c2ccc(/C=C3/C(=O)N(c4ccccc4)N=C3C)cc21. The van der Waals surface area contributed by atoms with Gasteiger partial charge in [0, 0.05) is 18.3 Å². The van der Waals surface area contributed by atoms with Gasteiger partial charge in [-0.05, 0) is 69.2 Å². The van der Waals surface area contributed by atoms with Gasteiger partial charge in [-0.2, -0.15) is 10.1 Å². The van der Waals surface area contributed by atoms with Crippen LogP contribution in [0.1, 0.15) is 38.8 Å². The van der Waals surface area contributed by atoms with E-state index in [0.717, 1.165) is 17.0 Å². The number of fused-ring (bicyclic) bond motifs is 1. The molecule has 142 valence electrons. The number of amides is 1. The maximum atomic E-state index is 12.9. The summed E-state index contributed by atoms with van der Waals surface area (Å²) in [6, 6.07) is 15.9. The predicted molar refractivity (Wildman–Crippen MR) is 118 cm³/mol. The molecule has 0 saturated heterocycles. The van der Waals surface area contributed by atoms with Crippen molar-refractivity contribution >= 4 is 34.6 Å². The van der Waals surface area contributed by atoms with Crippen molar-refractivity contribution in [3.8, 4) is 0 Å². The first-order chi connectivity index (χ1) is 13.3. The van der Waals surface area contributed by atoms with E-state index in [1.165, 1.54) is 21.8 Å². The van der Waals surface area contributed by atoms with Crippen LogP contribution in [0, 0.1) is 0 Å². The zero-order valence-corrected chi connectivity index (χ0v) is 17.0. The first-order valence-electron chi connectivity index (χ1n) is 9.52. The van der Waals surface area contributed by atoms with Crippen molar-refractivity contribution in [2.45, 2.75) is 33.2 Å². The number of carbonyl (C=O) groups is 1. The Bertz CT molecular complexity index is 1040. The van der Waals surface area contributed by atoms with E-state index in [1.54, 1.807) is 0 Å². The molecule has 0 radical (unpaired) electrons. The number of allylic oxidation sites excluding steroid dienone is 1. The molecule has 0 unspecified atom stereocenters. The molecule has 0 aromatic heterocycles. The fraction of sp³-hybridized carbons (Fsp3) is 0.250. The number of anilines is 2. The fourth-order valence-corrected chi connectivity index (χ4v) is 3.86. The van der Waals surface area contributed by atoms with Crippen LogP contribution in [0.25, 0.3) is 11.6 Å². The molecule has 4 rings (SSSR count). The number of hydrazone groups is 1. The smallest absolute Gasteiger partial charge is 0.280 e. The lowest BCUT2D eigenvalue weighted by Crippen LogP contribution is -2.42. The molecule has 2 heterocycles. The highest BCUT2D eigenvalue weighted by atomic mass is 16.2. The van der Waals surface area contributed by atoms with E-state index in [1.807, 2.05) is 43.3 Å². The quantitative estimate of drug-likeness (QED) is 0.687. The molecule has 1 amide bonds. The van der Waals surface area contributed by atoms with Crippen molar-refractivity contribution in [2.24, 2.45) is 5.10 Å². The van der Waals surface area contributed by atoms with Gasteiger partial charge in [-0.1, -0.05) is 30.3 Å². The highest BCUT2D eigenvalue weighted by Gasteiger charge is 2.30. The number of benzene rings is 2. The first kappa shape index (κ1) is 18.2. The fourth-order valence-electron chi connectivity index (χ4n) is 3.86. The van der Waals surface area contributed by atoms with Gasteiger partial charge in [0.1, 0.15) is 0 Å². The van der Waals surface area contributed by atoms with E-state index in [9.17, 15) is 4.79 Å². The van der Waals surface area contributed by atoms with Crippen LogP contribution in [0.2, 0.25) is 0 Å². The van der Waals surface area contributed by atoms with Gasteiger partial charge in [0.15, 0.2) is 0 Å². The van der Waals surface area contributed by atoms with E-state index >= 15 is 0 Å². The Hall–Kier alpha value is -3.14. The second-order valence-electron chi connectivity index (χ2n) is 8.01. The Balaban J connectivity index is 1.70. The Kier molecular flexibility index (Phi) is 4.22. The summed E-state index contributed by atoms with van der Waals surface area (Å²) >= 11 is 0. The second kappa shape index (κ2) is 6.48. The van der Waals surface area contributed by atoms with Crippen LogP contribution in [0.4, 0.5) is 11.4 Å². The number of carbonyl (C=O) groups excluding carboxylic acids is 1. The molecule has 0 fully saturated rings. The summed E-state index contributed by atoms with van der Waals surface area (Å²) in [4.78, 5) is 15.2. The molecule has 0 bridgehead atoms. The van der Waals surface area contributed by atoms with Crippen LogP contribution in [0.3, 0.4) is 0 Å². The maximum absolute atomic E-state index is 12.9. The zero-order valence-electron chi connectivity index (χ0n) is 17.0. The molecular formula is C24H25N3O. The van der Waals surface area contributed by atoms with Gasteiger partial charge in [0.25, 0.3) is 5.91 Å². The predicted octanol–water partition coefficient (Wildman–Crippen LogP) is 5.12. The first-order valence-corrected chi connectivity index (χ1v) is 9.52. The Labute approximate surface area is 166 Å². The molecule has 0 aliphatic carbocycles. The highest BCUT2D eigenvalue weighted by molar-refractivity contribution is 6.32. The minimum Gasteiger partial charge on any atom is -0.366 e. The third-order valence-electron chi connectivity index (χ3n) is 5.62. The molecule has 2 aromatic carbocycles. The van der Waals surface area contributed by atoms with E-state index < -0.39 is 0 Å². The van der Waals surface area contributed by atoms with Crippen LogP contribution in [-0.4, -0.2) is 24.2 Å². The largest absolute Gasteiger partial charge is 0.366 e. The lowest BCUT2D eigenvalue weighted by atomic mass is 9.88. The highest BCUT2D eigenvalue weighted by Crippen LogP contribution is 2.38. The van der Waals surface area contributed by atoms with E-state index in [0.29, 0.717) is 5.57 Å². The molecule has 2 aromatic rings. The molecule has 0 N–H and O–H groups in total. The standard InChI is InChI=1S/C24H25N3O/c1-16-15-24(3,4)26(5)22-12-11-18(13-20(16)22)14-21-17(2)25-27(23(21)28)19-9-7-6-8-10-19/h6-15H,1-5H3/b21-14+. The number of rotatable bonds is 2. The molecule has 0 atom stereocenters. The van der Waals surface area contributed by atoms with Crippen molar-refractivity contribution < 1.29 is 4.79 Å². The molecule has 0 saturated carbocycles. The average molecular weight is 371 g/mol. The van der Waals surface area contributed by atoms with Crippen molar-refractivity contribution in [3.63, 3.8) is 0 Å². The number of hydrogen-bond acceptors (Lipinski definition) is 3. The lowest BCUT2D eigenvalue weighted by Gasteiger charge is -2.40. The van der Waals surface area contributed by atoms with Crippen LogP contribution >= 0.6 is 0 Å². The summed E-state index contributed by atoms with van der Waals surface area (Å²) in [6.07, 6.45) is 4.23. The van der Waals surface area contributed by atoms with Crippen molar-refractivity contribution in [1.29, 1.82) is 0 Å².